The number of nitrogens with one attached hydrogen (secondary N) is 1. The fraction of sp³-hybridized carbons (Fsp3) is 0.542. The highest BCUT2D eigenvalue weighted by Gasteiger charge is 2.31. The molecule has 3 heterocycles. The smallest absolute Gasteiger partial charge is 0.274 e. The molecule has 0 radical (unpaired) electrons. The van der Waals surface area contributed by atoms with Crippen LogP contribution in [0, 0.1) is 0 Å². The number of carbonyl (C=O) groups is 1. The first kappa shape index (κ1) is 20.8. The molecule has 1 aliphatic carbocycles. The molecule has 0 bridgehead atoms. The summed E-state index contributed by atoms with van der Waals surface area (Å²) in [6.45, 7) is 7.18. The van der Waals surface area contributed by atoms with Crippen molar-refractivity contribution in [2.75, 3.05) is 19.6 Å². The van der Waals surface area contributed by atoms with E-state index in [0.717, 1.165) is 63.7 Å². The van der Waals surface area contributed by atoms with E-state index >= 15 is 0 Å². The minimum atomic E-state index is 0.119. The van der Waals surface area contributed by atoms with Crippen LogP contribution in [0.3, 0.4) is 0 Å². The van der Waals surface area contributed by atoms with Crippen LogP contribution in [0.4, 0.5) is 0 Å². The van der Waals surface area contributed by atoms with Crippen molar-refractivity contribution in [3.8, 4) is 0 Å². The monoisotopic (exact) mass is 407 g/mol. The minimum absolute atomic E-state index is 0.119. The molecular formula is C24H33N5O. The first-order valence-electron chi connectivity index (χ1n) is 11.4. The first-order chi connectivity index (χ1) is 14.8. The molecule has 2 aliphatic rings. The van der Waals surface area contributed by atoms with Crippen molar-refractivity contribution in [2.24, 2.45) is 0 Å². The molecule has 30 heavy (non-hydrogen) atoms. The SMILES string of the molecule is C=CCn1nc(C(=O)N2CCCCCC2)c2c1CC[C@H](NCCc1ccncc1)C2. The van der Waals surface area contributed by atoms with E-state index in [-0.39, 0.29) is 5.91 Å². The third-order valence-corrected chi connectivity index (χ3v) is 6.34. The summed E-state index contributed by atoms with van der Waals surface area (Å²) >= 11 is 0. The Labute approximate surface area is 179 Å². The number of carbonyl (C=O) groups excluding carboxylic acids is 1. The second-order valence-corrected chi connectivity index (χ2v) is 8.45. The summed E-state index contributed by atoms with van der Waals surface area (Å²) < 4.78 is 2.00. The summed E-state index contributed by atoms with van der Waals surface area (Å²) in [7, 11) is 0. The number of pyridine rings is 1. The number of hydrogen-bond donors (Lipinski definition) is 1. The van der Waals surface area contributed by atoms with Crippen LogP contribution >= 0.6 is 0 Å². The number of hydrogen-bond acceptors (Lipinski definition) is 4. The van der Waals surface area contributed by atoms with Gasteiger partial charge in [-0.05, 0) is 62.8 Å². The Morgan fingerprint density at radius 2 is 1.97 bits per heavy atom. The Hall–Kier alpha value is -2.47. The van der Waals surface area contributed by atoms with Crippen molar-refractivity contribution in [3.63, 3.8) is 0 Å². The average Bonchev–Trinajstić information content (AvgIpc) is 2.93. The molecule has 1 saturated heterocycles. The second-order valence-electron chi connectivity index (χ2n) is 8.45. The van der Waals surface area contributed by atoms with Gasteiger partial charge in [-0.15, -0.1) is 6.58 Å². The zero-order valence-corrected chi connectivity index (χ0v) is 17.9. The molecule has 2 aromatic rings. The lowest BCUT2D eigenvalue weighted by molar-refractivity contribution is 0.0753. The average molecular weight is 408 g/mol. The maximum absolute atomic E-state index is 13.3. The van der Waals surface area contributed by atoms with Crippen LogP contribution in [-0.2, 0) is 25.8 Å². The van der Waals surface area contributed by atoms with E-state index in [1.54, 1.807) is 0 Å². The van der Waals surface area contributed by atoms with Crippen molar-refractivity contribution in [1.29, 1.82) is 0 Å². The molecule has 1 atom stereocenters. The van der Waals surface area contributed by atoms with Gasteiger partial charge in [0.15, 0.2) is 5.69 Å². The third-order valence-electron chi connectivity index (χ3n) is 6.34. The van der Waals surface area contributed by atoms with Gasteiger partial charge in [-0.1, -0.05) is 18.9 Å². The molecule has 160 valence electrons. The molecule has 0 saturated carbocycles. The summed E-state index contributed by atoms with van der Waals surface area (Å²) in [6.07, 6.45) is 14.1. The number of fused-ring (bicyclic) bond motifs is 1. The molecule has 1 aliphatic heterocycles. The van der Waals surface area contributed by atoms with E-state index < -0.39 is 0 Å². The van der Waals surface area contributed by atoms with Gasteiger partial charge < -0.3 is 10.2 Å². The molecular weight excluding hydrogens is 374 g/mol. The Kier molecular flexibility index (Phi) is 6.95. The third kappa shape index (κ3) is 4.81. The quantitative estimate of drug-likeness (QED) is 0.716. The van der Waals surface area contributed by atoms with Gasteiger partial charge in [-0.25, -0.2) is 0 Å². The van der Waals surface area contributed by atoms with Crippen LogP contribution in [0.15, 0.2) is 37.2 Å². The van der Waals surface area contributed by atoms with E-state index in [1.165, 1.54) is 24.1 Å². The van der Waals surface area contributed by atoms with Crippen LogP contribution in [0.2, 0.25) is 0 Å². The van der Waals surface area contributed by atoms with Gasteiger partial charge in [0, 0.05) is 42.8 Å². The van der Waals surface area contributed by atoms with Crippen LogP contribution in [0.1, 0.15) is 59.4 Å². The molecule has 2 aromatic heterocycles. The van der Waals surface area contributed by atoms with Crippen LogP contribution in [0.25, 0.3) is 0 Å². The zero-order chi connectivity index (χ0) is 20.8. The van der Waals surface area contributed by atoms with Crippen molar-refractivity contribution in [3.05, 3.63) is 59.7 Å². The molecule has 1 fully saturated rings. The maximum atomic E-state index is 13.3. The number of allylic oxidation sites excluding steroid dienone is 1. The molecule has 0 aromatic carbocycles. The fourth-order valence-corrected chi connectivity index (χ4v) is 4.70. The normalized spacial score (nSPS) is 19.2. The van der Waals surface area contributed by atoms with Gasteiger partial charge in [0.1, 0.15) is 0 Å². The lowest BCUT2D eigenvalue weighted by Gasteiger charge is -2.25. The van der Waals surface area contributed by atoms with Gasteiger partial charge in [0.2, 0.25) is 0 Å². The van der Waals surface area contributed by atoms with Crippen molar-refractivity contribution in [2.45, 2.75) is 64.0 Å². The lowest BCUT2D eigenvalue weighted by Crippen LogP contribution is -2.37. The van der Waals surface area contributed by atoms with Crippen LogP contribution < -0.4 is 5.32 Å². The molecule has 4 rings (SSSR count). The molecule has 0 spiro atoms. The molecule has 1 amide bonds. The second kappa shape index (κ2) is 10.0. The summed E-state index contributed by atoms with van der Waals surface area (Å²) in [5.41, 5.74) is 4.35. The Balaban J connectivity index is 1.46. The summed E-state index contributed by atoms with van der Waals surface area (Å²) in [4.78, 5) is 19.5. The van der Waals surface area contributed by atoms with Gasteiger partial charge in [-0.2, -0.15) is 5.10 Å². The zero-order valence-electron chi connectivity index (χ0n) is 17.9. The lowest BCUT2D eigenvalue weighted by atomic mass is 9.91. The number of aromatic nitrogens is 3. The molecule has 1 N–H and O–H groups in total. The van der Waals surface area contributed by atoms with Gasteiger partial charge in [0.05, 0.1) is 6.54 Å². The van der Waals surface area contributed by atoms with E-state index in [1.807, 2.05) is 28.1 Å². The van der Waals surface area contributed by atoms with Crippen LogP contribution in [-0.4, -0.2) is 51.2 Å². The van der Waals surface area contributed by atoms with E-state index in [4.69, 9.17) is 5.10 Å². The van der Waals surface area contributed by atoms with Gasteiger partial charge >= 0.3 is 0 Å². The fourth-order valence-electron chi connectivity index (χ4n) is 4.70. The number of rotatable bonds is 7. The summed E-state index contributed by atoms with van der Waals surface area (Å²) in [5.74, 6) is 0.119. The maximum Gasteiger partial charge on any atom is 0.274 e. The topological polar surface area (TPSA) is 63.1 Å². The number of amides is 1. The minimum Gasteiger partial charge on any atom is -0.337 e. The summed E-state index contributed by atoms with van der Waals surface area (Å²) in [6, 6.07) is 4.52. The Morgan fingerprint density at radius 1 is 1.20 bits per heavy atom. The highest BCUT2D eigenvalue weighted by molar-refractivity contribution is 5.94. The predicted molar refractivity (Wildman–Crippen MR) is 119 cm³/mol. The molecule has 0 unspecified atom stereocenters. The summed E-state index contributed by atoms with van der Waals surface area (Å²) in [5, 5.41) is 8.47. The van der Waals surface area contributed by atoms with Gasteiger partial charge in [-0.3, -0.25) is 14.5 Å². The number of likely N-dealkylation sites (tertiary alicyclic amines) is 1. The Bertz CT molecular complexity index is 852. The first-order valence-corrected chi connectivity index (χ1v) is 11.4. The van der Waals surface area contributed by atoms with E-state index in [0.29, 0.717) is 18.3 Å². The molecule has 6 nitrogen and oxygen atoms in total. The largest absolute Gasteiger partial charge is 0.337 e. The highest BCUT2D eigenvalue weighted by Crippen LogP contribution is 2.27. The van der Waals surface area contributed by atoms with Crippen molar-refractivity contribution < 1.29 is 4.79 Å². The Morgan fingerprint density at radius 3 is 2.70 bits per heavy atom. The molecule has 6 heteroatoms. The van der Waals surface area contributed by atoms with Crippen molar-refractivity contribution in [1.82, 2.24) is 25.0 Å². The van der Waals surface area contributed by atoms with Gasteiger partial charge in [0.25, 0.3) is 5.91 Å². The van der Waals surface area contributed by atoms with E-state index in [9.17, 15) is 4.79 Å². The highest BCUT2D eigenvalue weighted by atomic mass is 16.2. The van der Waals surface area contributed by atoms with E-state index in [2.05, 4.69) is 29.0 Å². The predicted octanol–water partition coefficient (Wildman–Crippen LogP) is 3.17. The standard InChI is InChI=1S/C24H33N5O/c1-2-15-29-22-8-7-20(26-14-11-19-9-12-25-13-10-19)18-21(22)23(27-29)24(30)28-16-5-3-4-6-17-28/h2,9-10,12-13,20,26H,1,3-8,11,14-18H2/t20-/m0/s1. The number of nitrogens with zero attached hydrogens (tertiary/aromatic N) is 4. The van der Waals surface area contributed by atoms with Crippen LogP contribution in [0.5, 0.6) is 0 Å². The van der Waals surface area contributed by atoms with Crippen molar-refractivity contribution >= 4 is 5.91 Å².